The van der Waals surface area contributed by atoms with Gasteiger partial charge in [0.2, 0.25) is 10.0 Å². The Kier molecular flexibility index (Phi) is 8.62. The van der Waals surface area contributed by atoms with Crippen LogP contribution < -0.4 is 4.80 Å². The van der Waals surface area contributed by atoms with Crippen molar-refractivity contribution < 1.29 is 13.2 Å². The average molecular weight is 488 g/mol. The zero-order valence-corrected chi connectivity index (χ0v) is 21.5. The van der Waals surface area contributed by atoms with E-state index in [1.165, 1.54) is 23.5 Å². The van der Waals surface area contributed by atoms with Gasteiger partial charge in [0.1, 0.15) is 0 Å². The first-order valence-corrected chi connectivity index (χ1v) is 13.9. The maximum absolute atomic E-state index is 13.1. The molecule has 6 nitrogen and oxygen atoms in total. The molecule has 1 amide bonds. The highest BCUT2D eigenvalue weighted by molar-refractivity contribution is 7.89. The average Bonchev–Trinajstić information content (AvgIpc) is 3.14. The number of amides is 1. The number of unbranched alkanes of at least 4 members (excludes halogenated alkanes) is 2. The molecule has 0 fully saturated rings. The molecular weight excluding hydrogens is 454 g/mol. The van der Waals surface area contributed by atoms with E-state index in [0.29, 0.717) is 30.0 Å². The number of fused-ring (bicyclic) bond motifs is 1. The first-order valence-electron chi connectivity index (χ1n) is 11.6. The van der Waals surface area contributed by atoms with Gasteiger partial charge in [0.15, 0.2) is 4.80 Å². The predicted octanol–water partition coefficient (Wildman–Crippen LogP) is 5.36. The Morgan fingerprint density at radius 3 is 2.21 bits per heavy atom. The minimum atomic E-state index is -3.59. The number of hydrogen-bond donors (Lipinski definition) is 0. The zero-order valence-electron chi connectivity index (χ0n) is 19.9. The second-order valence-electron chi connectivity index (χ2n) is 8.15. The lowest BCUT2D eigenvalue weighted by Gasteiger charge is -2.22. The molecule has 1 heterocycles. The number of nitrogens with zero attached hydrogens (tertiary/aromatic N) is 3. The van der Waals surface area contributed by atoms with Gasteiger partial charge in [-0.15, -0.1) is 0 Å². The molecule has 0 saturated carbocycles. The van der Waals surface area contributed by atoms with Gasteiger partial charge >= 0.3 is 0 Å². The summed E-state index contributed by atoms with van der Waals surface area (Å²) < 4.78 is 31.0. The second-order valence-corrected chi connectivity index (χ2v) is 11.1. The molecule has 3 aromatic rings. The Balaban J connectivity index is 1.89. The maximum Gasteiger partial charge on any atom is 0.279 e. The van der Waals surface area contributed by atoms with Crippen LogP contribution in [0.25, 0.3) is 10.2 Å². The van der Waals surface area contributed by atoms with Crippen molar-refractivity contribution in [3.8, 4) is 0 Å². The van der Waals surface area contributed by atoms with Crippen molar-refractivity contribution >= 4 is 37.5 Å². The quantitative estimate of drug-likeness (QED) is 0.386. The molecule has 0 saturated heterocycles. The van der Waals surface area contributed by atoms with Crippen molar-refractivity contribution in [3.05, 3.63) is 58.4 Å². The number of thiazole rings is 1. The van der Waals surface area contributed by atoms with Gasteiger partial charge in [0, 0.05) is 25.2 Å². The van der Waals surface area contributed by atoms with Gasteiger partial charge in [-0.05, 0) is 68.7 Å². The van der Waals surface area contributed by atoms with E-state index < -0.39 is 10.0 Å². The molecule has 0 atom stereocenters. The normalized spacial score (nSPS) is 12.7. The molecule has 0 aliphatic carbocycles. The number of aromatic nitrogens is 1. The highest BCUT2D eigenvalue weighted by Gasteiger charge is 2.23. The summed E-state index contributed by atoms with van der Waals surface area (Å²) in [5, 5.41) is 0. The Hall–Kier alpha value is -2.29. The van der Waals surface area contributed by atoms with Crippen molar-refractivity contribution in [2.24, 2.45) is 4.99 Å². The summed E-state index contributed by atoms with van der Waals surface area (Å²) in [6.07, 6.45) is 3.51. The molecule has 0 spiro atoms. The molecule has 0 radical (unpaired) electrons. The van der Waals surface area contributed by atoms with Gasteiger partial charge in [-0.3, -0.25) is 4.79 Å². The molecule has 0 aliphatic rings. The van der Waals surface area contributed by atoms with Crippen molar-refractivity contribution in [2.75, 3.05) is 13.1 Å². The van der Waals surface area contributed by atoms with Crippen LogP contribution in [0.15, 0.2) is 52.4 Å². The minimum Gasteiger partial charge on any atom is -0.317 e. The minimum absolute atomic E-state index is 0.215. The SMILES string of the molecule is CCCCN(CCCC)S(=O)(=O)c1ccc(C(=O)N=c2sc3cc(C)ccc3n2CC)cc1. The summed E-state index contributed by atoms with van der Waals surface area (Å²) in [5.74, 6) is -0.377. The summed E-state index contributed by atoms with van der Waals surface area (Å²) in [5.41, 5.74) is 2.59. The highest BCUT2D eigenvalue weighted by Crippen LogP contribution is 2.20. The molecule has 0 aliphatic heterocycles. The van der Waals surface area contributed by atoms with Gasteiger partial charge in [-0.25, -0.2) is 8.42 Å². The lowest BCUT2D eigenvalue weighted by molar-refractivity contribution is 0.0997. The summed E-state index contributed by atoms with van der Waals surface area (Å²) >= 11 is 1.49. The molecule has 2 aromatic carbocycles. The number of carbonyl (C=O) groups is 1. The van der Waals surface area contributed by atoms with Crippen LogP contribution in [0.4, 0.5) is 0 Å². The predicted molar refractivity (Wildman–Crippen MR) is 135 cm³/mol. The highest BCUT2D eigenvalue weighted by atomic mass is 32.2. The fourth-order valence-corrected chi connectivity index (χ4v) is 6.37. The lowest BCUT2D eigenvalue weighted by atomic mass is 10.2. The fraction of sp³-hybridized carbons (Fsp3) is 0.440. The second kappa shape index (κ2) is 11.2. The summed E-state index contributed by atoms with van der Waals surface area (Å²) in [6.45, 7) is 9.89. The van der Waals surface area contributed by atoms with Gasteiger partial charge < -0.3 is 4.57 Å². The van der Waals surface area contributed by atoms with Crippen LogP contribution in [0.1, 0.15) is 62.4 Å². The number of benzene rings is 2. The van der Waals surface area contributed by atoms with Crippen molar-refractivity contribution in [1.82, 2.24) is 8.87 Å². The van der Waals surface area contributed by atoms with Gasteiger partial charge in [0.25, 0.3) is 5.91 Å². The first kappa shape index (κ1) is 25.3. The summed E-state index contributed by atoms with van der Waals surface area (Å²) in [6, 6.07) is 12.4. The third kappa shape index (κ3) is 5.80. The Morgan fingerprint density at radius 2 is 1.64 bits per heavy atom. The zero-order chi connectivity index (χ0) is 24.0. The first-order chi connectivity index (χ1) is 15.8. The monoisotopic (exact) mass is 487 g/mol. The van der Waals surface area contributed by atoms with Crippen LogP contribution >= 0.6 is 11.3 Å². The maximum atomic E-state index is 13.1. The van der Waals surface area contributed by atoms with Crippen LogP contribution in [0.3, 0.4) is 0 Å². The number of sulfonamides is 1. The van der Waals surface area contributed by atoms with E-state index in [1.54, 1.807) is 16.4 Å². The van der Waals surface area contributed by atoms with Crippen LogP contribution in [0.5, 0.6) is 0 Å². The smallest absolute Gasteiger partial charge is 0.279 e. The Labute approximate surface area is 200 Å². The molecule has 0 bridgehead atoms. The molecule has 8 heteroatoms. The van der Waals surface area contributed by atoms with Crippen molar-refractivity contribution in [3.63, 3.8) is 0 Å². The number of carbonyl (C=O) groups excluding carboxylic acids is 1. The standard InChI is InChI=1S/C25H33N3O3S2/c1-5-8-16-27(17-9-6-2)33(30,31)21-13-11-20(12-14-21)24(29)26-25-28(7-3)22-15-10-19(4)18-23(22)32-25/h10-15,18H,5-9,16-17H2,1-4H3. The number of rotatable bonds is 10. The molecule has 0 unspecified atom stereocenters. The van der Waals surface area contributed by atoms with Crippen molar-refractivity contribution in [2.45, 2.75) is 64.8 Å². The third-order valence-corrected chi connectivity index (χ3v) is 8.57. The number of aryl methyl sites for hydroxylation is 2. The Morgan fingerprint density at radius 1 is 1.00 bits per heavy atom. The van der Waals surface area contributed by atoms with Crippen LogP contribution in [0.2, 0.25) is 0 Å². The van der Waals surface area contributed by atoms with E-state index >= 15 is 0 Å². The Bertz CT molecular complexity index is 1260. The molecule has 178 valence electrons. The van der Waals surface area contributed by atoms with E-state index in [-0.39, 0.29) is 10.8 Å². The van der Waals surface area contributed by atoms with E-state index in [4.69, 9.17) is 0 Å². The van der Waals surface area contributed by atoms with Gasteiger partial charge in [-0.1, -0.05) is 44.1 Å². The van der Waals surface area contributed by atoms with Crippen molar-refractivity contribution in [1.29, 1.82) is 0 Å². The van der Waals surface area contributed by atoms with Gasteiger partial charge in [-0.2, -0.15) is 9.30 Å². The van der Waals surface area contributed by atoms with Crippen LogP contribution in [-0.4, -0.2) is 36.3 Å². The summed E-state index contributed by atoms with van der Waals surface area (Å²) in [7, 11) is -3.59. The molecule has 1 aromatic heterocycles. The summed E-state index contributed by atoms with van der Waals surface area (Å²) in [4.78, 5) is 18.1. The number of hydrogen-bond acceptors (Lipinski definition) is 4. The van der Waals surface area contributed by atoms with Crippen LogP contribution in [0, 0.1) is 6.92 Å². The van der Waals surface area contributed by atoms with E-state index in [9.17, 15) is 13.2 Å². The topological polar surface area (TPSA) is 71.7 Å². The molecule has 33 heavy (non-hydrogen) atoms. The van der Waals surface area contributed by atoms with E-state index in [1.807, 2.05) is 18.4 Å². The molecular formula is C25H33N3O3S2. The fourth-order valence-electron chi connectivity index (χ4n) is 3.66. The molecule has 3 rings (SSSR count). The third-order valence-electron chi connectivity index (χ3n) is 5.61. The van der Waals surface area contributed by atoms with E-state index in [0.717, 1.165) is 41.5 Å². The van der Waals surface area contributed by atoms with Crippen LogP contribution in [-0.2, 0) is 16.6 Å². The van der Waals surface area contributed by atoms with Gasteiger partial charge in [0.05, 0.1) is 15.1 Å². The lowest BCUT2D eigenvalue weighted by Crippen LogP contribution is -2.33. The van der Waals surface area contributed by atoms with E-state index in [2.05, 4.69) is 37.0 Å². The largest absolute Gasteiger partial charge is 0.317 e. The molecule has 0 N–H and O–H groups in total.